The third-order valence-electron chi connectivity index (χ3n) is 1.15. The number of alkyl halides is 2. The Morgan fingerprint density at radius 2 is 1.92 bits per heavy atom. The van der Waals surface area contributed by atoms with E-state index in [0.717, 1.165) is 6.20 Å². The van der Waals surface area contributed by atoms with Crippen LogP contribution in [0, 0.1) is 5.82 Å². The first-order valence-electron chi connectivity index (χ1n) is 2.81. The Hall–Kier alpha value is -0.100. The highest BCUT2D eigenvalue weighted by atomic mass is 79.9. The normalized spacial score (nSPS) is 10.8. The van der Waals surface area contributed by atoms with Gasteiger partial charge in [-0.15, -0.1) is 0 Å². The third kappa shape index (κ3) is 1.80. The Balaban J connectivity index is 3.27. The highest BCUT2D eigenvalue weighted by Gasteiger charge is 2.18. The first-order chi connectivity index (χ1) is 5.54. The number of pyridine rings is 1. The summed E-state index contributed by atoms with van der Waals surface area (Å²) in [5.74, 6) is -0.764. The van der Waals surface area contributed by atoms with Crippen LogP contribution in [0.15, 0.2) is 15.1 Å². The number of rotatable bonds is 1. The predicted molar refractivity (Wildman–Crippen MR) is 44.6 cm³/mol. The van der Waals surface area contributed by atoms with E-state index >= 15 is 0 Å². The number of halogens is 5. The van der Waals surface area contributed by atoms with E-state index in [1.165, 1.54) is 0 Å². The van der Waals surface area contributed by atoms with E-state index in [-0.39, 0.29) is 8.95 Å². The summed E-state index contributed by atoms with van der Waals surface area (Å²) in [7, 11) is 0. The zero-order valence-corrected chi connectivity index (χ0v) is 8.66. The highest BCUT2D eigenvalue weighted by molar-refractivity contribution is 9.11. The van der Waals surface area contributed by atoms with Crippen molar-refractivity contribution in [3.8, 4) is 0 Å². The smallest absolute Gasteiger partial charge is 0.253 e. The lowest BCUT2D eigenvalue weighted by Crippen LogP contribution is -1.95. The van der Waals surface area contributed by atoms with Crippen LogP contribution in [0.5, 0.6) is 0 Å². The van der Waals surface area contributed by atoms with Gasteiger partial charge in [0.2, 0.25) is 0 Å². The van der Waals surface area contributed by atoms with E-state index in [2.05, 4.69) is 36.8 Å². The fourth-order valence-corrected chi connectivity index (χ4v) is 1.66. The van der Waals surface area contributed by atoms with Gasteiger partial charge in [-0.1, -0.05) is 0 Å². The Morgan fingerprint density at radius 1 is 1.33 bits per heavy atom. The van der Waals surface area contributed by atoms with Gasteiger partial charge < -0.3 is 0 Å². The third-order valence-corrected chi connectivity index (χ3v) is 2.46. The van der Waals surface area contributed by atoms with Crippen molar-refractivity contribution in [2.45, 2.75) is 6.43 Å². The molecule has 1 rings (SSSR count). The topological polar surface area (TPSA) is 12.9 Å². The minimum atomic E-state index is -2.78. The average Bonchev–Trinajstić information content (AvgIpc) is 2.00. The Labute approximate surface area is 83.2 Å². The molecule has 0 aliphatic heterocycles. The summed E-state index contributed by atoms with van der Waals surface area (Å²) in [6.07, 6.45) is -1.77. The zero-order chi connectivity index (χ0) is 9.30. The fraction of sp³-hybridized carbons (Fsp3) is 0.167. The summed E-state index contributed by atoms with van der Waals surface area (Å²) >= 11 is 5.50. The Bertz CT molecular complexity index is 303. The van der Waals surface area contributed by atoms with Crippen molar-refractivity contribution in [2.75, 3.05) is 0 Å². The van der Waals surface area contributed by atoms with Crippen LogP contribution in [0.1, 0.15) is 12.1 Å². The molecule has 12 heavy (non-hydrogen) atoms. The molecule has 1 nitrogen and oxygen atoms in total. The monoisotopic (exact) mass is 303 g/mol. The number of aromatic nitrogens is 1. The molecule has 0 radical (unpaired) electrons. The lowest BCUT2D eigenvalue weighted by molar-refractivity contribution is 0.144. The van der Waals surface area contributed by atoms with Gasteiger partial charge in [0.1, 0.15) is 5.69 Å². The van der Waals surface area contributed by atoms with Gasteiger partial charge in [0.15, 0.2) is 5.82 Å². The molecule has 6 heteroatoms. The van der Waals surface area contributed by atoms with Crippen LogP contribution in [0.4, 0.5) is 13.2 Å². The molecule has 0 saturated carbocycles. The van der Waals surface area contributed by atoms with Crippen LogP contribution >= 0.6 is 31.9 Å². The lowest BCUT2D eigenvalue weighted by atomic mass is 10.3. The van der Waals surface area contributed by atoms with Crippen LogP contribution in [-0.2, 0) is 0 Å². The zero-order valence-electron chi connectivity index (χ0n) is 5.49. The fourth-order valence-electron chi connectivity index (χ4n) is 0.609. The minimum absolute atomic E-state index is 0.0544. The molecule has 0 bridgehead atoms. The van der Waals surface area contributed by atoms with Gasteiger partial charge in [0.05, 0.1) is 8.95 Å². The maximum atomic E-state index is 12.9. The lowest BCUT2D eigenvalue weighted by Gasteiger charge is -2.03. The van der Waals surface area contributed by atoms with Crippen molar-refractivity contribution >= 4 is 31.9 Å². The molecule has 0 aliphatic rings. The molecule has 1 aromatic heterocycles. The van der Waals surface area contributed by atoms with Crippen LogP contribution < -0.4 is 0 Å². The molecule has 0 amide bonds. The average molecular weight is 305 g/mol. The predicted octanol–water partition coefficient (Wildman–Crippen LogP) is 3.68. The molecule has 66 valence electrons. The SMILES string of the molecule is Fc1c(Br)cnc(C(F)F)c1Br. The number of nitrogens with zero attached hydrogens (tertiary/aromatic N) is 1. The number of hydrogen-bond donors (Lipinski definition) is 0. The molecule has 1 aromatic rings. The maximum Gasteiger partial charge on any atom is 0.281 e. The molecule has 0 spiro atoms. The molecule has 0 aromatic carbocycles. The van der Waals surface area contributed by atoms with Gasteiger partial charge in [-0.05, 0) is 31.9 Å². The van der Waals surface area contributed by atoms with E-state index in [9.17, 15) is 13.2 Å². The van der Waals surface area contributed by atoms with Crippen molar-refractivity contribution in [3.05, 3.63) is 26.7 Å². The van der Waals surface area contributed by atoms with Crippen LogP contribution in [-0.4, -0.2) is 4.98 Å². The van der Waals surface area contributed by atoms with Crippen molar-refractivity contribution in [3.63, 3.8) is 0 Å². The molecular weight excluding hydrogens is 303 g/mol. The molecule has 0 aliphatic carbocycles. The van der Waals surface area contributed by atoms with Gasteiger partial charge in [0, 0.05) is 6.20 Å². The van der Waals surface area contributed by atoms with Crippen molar-refractivity contribution < 1.29 is 13.2 Å². The van der Waals surface area contributed by atoms with Gasteiger partial charge in [-0.3, -0.25) is 4.98 Å². The standard InChI is InChI=1S/C6H2Br2F3N/c7-2-1-12-5(6(10)11)3(8)4(2)9/h1,6H. The maximum absolute atomic E-state index is 12.9. The Morgan fingerprint density at radius 3 is 2.42 bits per heavy atom. The van der Waals surface area contributed by atoms with Crippen molar-refractivity contribution in [1.82, 2.24) is 4.98 Å². The largest absolute Gasteiger partial charge is 0.281 e. The summed E-state index contributed by atoms with van der Waals surface area (Å²) in [5.41, 5.74) is -0.587. The second kappa shape index (κ2) is 3.74. The quantitative estimate of drug-likeness (QED) is 0.771. The van der Waals surface area contributed by atoms with E-state index in [1.807, 2.05) is 0 Å². The Kier molecular flexibility index (Phi) is 3.11. The highest BCUT2D eigenvalue weighted by Crippen LogP contribution is 2.30. The van der Waals surface area contributed by atoms with Crippen LogP contribution in [0.2, 0.25) is 0 Å². The van der Waals surface area contributed by atoms with Crippen molar-refractivity contribution in [2.24, 2.45) is 0 Å². The summed E-state index contributed by atoms with van der Waals surface area (Å²) in [5, 5.41) is 0. The van der Waals surface area contributed by atoms with Gasteiger partial charge in [-0.25, -0.2) is 13.2 Å². The first kappa shape index (κ1) is 9.98. The van der Waals surface area contributed by atoms with Gasteiger partial charge >= 0.3 is 0 Å². The summed E-state index contributed by atoms with van der Waals surface area (Å²) in [4.78, 5) is 3.35. The van der Waals surface area contributed by atoms with E-state index in [1.54, 1.807) is 0 Å². The molecule has 0 fully saturated rings. The first-order valence-corrected chi connectivity index (χ1v) is 4.40. The molecule has 0 saturated heterocycles. The molecule has 0 atom stereocenters. The molecule has 0 unspecified atom stereocenters. The van der Waals surface area contributed by atoms with E-state index in [0.29, 0.717) is 0 Å². The van der Waals surface area contributed by atoms with Gasteiger partial charge in [-0.2, -0.15) is 0 Å². The number of hydrogen-bond acceptors (Lipinski definition) is 1. The molecule has 1 heterocycles. The van der Waals surface area contributed by atoms with Crippen LogP contribution in [0.25, 0.3) is 0 Å². The summed E-state index contributed by atoms with van der Waals surface area (Å²) in [6.45, 7) is 0. The summed E-state index contributed by atoms with van der Waals surface area (Å²) in [6, 6.07) is 0. The van der Waals surface area contributed by atoms with E-state index in [4.69, 9.17) is 0 Å². The molecule has 0 N–H and O–H groups in total. The molecular formula is C6H2Br2F3N. The van der Waals surface area contributed by atoms with E-state index < -0.39 is 17.9 Å². The van der Waals surface area contributed by atoms with Crippen LogP contribution in [0.3, 0.4) is 0 Å². The summed E-state index contributed by atoms with van der Waals surface area (Å²) < 4.78 is 36.8. The minimum Gasteiger partial charge on any atom is -0.253 e. The second-order valence-corrected chi connectivity index (χ2v) is 3.57. The van der Waals surface area contributed by atoms with Crippen molar-refractivity contribution in [1.29, 1.82) is 0 Å². The van der Waals surface area contributed by atoms with Gasteiger partial charge in [0.25, 0.3) is 6.43 Å². The second-order valence-electron chi connectivity index (χ2n) is 1.92.